The fourth-order valence-electron chi connectivity index (χ4n) is 2.85. The standard InChI is InChI=1S/C17H19N3O/c1-3-19-17(13-5-4-8-18-11-13)12-6-7-15-14(9-12)10-16(21)20(15)2/h4-9,11,17,19H,3,10H2,1-2H3. The number of carbonyl (C=O) groups is 1. The fraction of sp³-hybridized carbons (Fsp3) is 0.294. The first-order chi connectivity index (χ1) is 10.2. The number of hydrogen-bond donors (Lipinski definition) is 1. The number of amides is 1. The Morgan fingerprint density at radius 2 is 2.19 bits per heavy atom. The highest BCUT2D eigenvalue weighted by Gasteiger charge is 2.25. The molecule has 0 saturated heterocycles. The number of likely N-dealkylation sites (N-methyl/N-ethyl adjacent to an activating group) is 1. The molecule has 21 heavy (non-hydrogen) atoms. The van der Waals surface area contributed by atoms with E-state index in [1.54, 1.807) is 11.1 Å². The summed E-state index contributed by atoms with van der Waals surface area (Å²) in [6, 6.07) is 10.4. The highest BCUT2D eigenvalue weighted by molar-refractivity contribution is 6.00. The molecule has 1 unspecified atom stereocenters. The van der Waals surface area contributed by atoms with Crippen molar-refractivity contribution in [2.24, 2.45) is 0 Å². The van der Waals surface area contributed by atoms with Crippen molar-refractivity contribution in [2.45, 2.75) is 19.4 Å². The van der Waals surface area contributed by atoms with Gasteiger partial charge in [0.05, 0.1) is 12.5 Å². The molecule has 4 nitrogen and oxygen atoms in total. The number of carbonyl (C=O) groups excluding carboxylic acids is 1. The van der Waals surface area contributed by atoms with Crippen molar-refractivity contribution in [1.82, 2.24) is 10.3 Å². The number of fused-ring (bicyclic) bond motifs is 1. The summed E-state index contributed by atoms with van der Waals surface area (Å²) in [5.74, 6) is 0.156. The molecule has 0 bridgehead atoms. The van der Waals surface area contributed by atoms with Crippen molar-refractivity contribution in [3.8, 4) is 0 Å². The van der Waals surface area contributed by atoms with Gasteiger partial charge in [-0.1, -0.05) is 25.1 Å². The lowest BCUT2D eigenvalue weighted by atomic mass is 9.97. The Morgan fingerprint density at radius 1 is 1.33 bits per heavy atom. The lowest BCUT2D eigenvalue weighted by Gasteiger charge is -2.20. The van der Waals surface area contributed by atoms with Crippen molar-refractivity contribution in [3.63, 3.8) is 0 Å². The average molecular weight is 281 g/mol. The molecule has 1 aliphatic heterocycles. The second-order valence-corrected chi connectivity index (χ2v) is 5.29. The SMILES string of the molecule is CCNC(c1cccnc1)c1ccc2c(c1)CC(=O)N2C. The van der Waals surface area contributed by atoms with Crippen molar-refractivity contribution >= 4 is 11.6 Å². The van der Waals surface area contributed by atoms with Gasteiger partial charge in [0.2, 0.25) is 5.91 Å². The monoisotopic (exact) mass is 281 g/mol. The Labute approximate surface area is 124 Å². The molecule has 0 aliphatic carbocycles. The van der Waals surface area contributed by atoms with E-state index in [1.165, 1.54) is 5.56 Å². The Hall–Kier alpha value is -2.20. The minimum atomic E-state index is 0.106. The van der Waals surface area contributed by atoms with Crippen LogP contribution in [0.1, 0.15) is 29.7 Å². The van der Waals surface area contributed by atoms with Crippen LogP contribution in [0.2, 0.25) is 0 Å². The molecule has 1 amide bonds. The third kappa shape index (κ3) is 2.54. The van der Waals surface area contributed by atoms with Crippen LogP contribution in [-0.4, -0.2) is 24.5 Å². The van der Waals surface area contributed by atoms with Crippen molar-refractivity contribution in [1.29, 1.82) is 0 Å². The number of nitrogens with zero attached hydrogens (tertiary/aromatic N) is 2. The van der Waals surface area contributed by atoms with Crippen LogP contribution >= 0.6 is 0 Å². The lowest BCUT2D eigenvalue weighted by molar-refractivity contribution is -0.117. The van der Waals surface area contributed by atoms with Gasteiger partial charge < -0.3 is 10.2 Å². The molecular weight excluding hydrogens is 262 g/mol. The largest absolute Gasteiger partial charge is 0.315 e. The van der Waals surface area contributed by atoms with E-state index in [0.717, 1.165) is 23.4 Å². The molecule has 0 fully saturated rings. The summed E-state index contributed by atoms with van der Waals surface area (Å²) in [5, 5.41) is 3.49. The quantitative estimate of drug-likeness (QED) is 0.935. The van der Waals surface area contributed by atoms with E-state index in [1.807, 2.05) is 25.4 Å². The van der Waals surface area contributed by atoms with Gasteiger partial charge in [-0.05, 0) is 35.4 Å². The van der Waals surface area contributed by atoms with E-state index < -0.39 is 0 Å². The van der Waals surface area contributed by atoms with Gasteiger partial charge in [-0.3, -0.25) is 9.78 Å². The van der Waals surface area contributed by atoms with Crippen LogP contribution in [0, 0.1) is 0 Å². The average Bonchev–Trinajstić information content (AvgIpc) is 2.80. The number of aromatic nitrogens is 1. The first-order valence-corrected chi connectivity index (χ1v) is 7.23. The Balaban J connectivity index is 1.98. The molecule has 1 aromatic carbocycles. The third-order valence-electron chi connectivity index (χ3n) is 3.94. The number of benzene rings is 1. The van der Waals surface area contributed by atoms with Crippen LogP contribution in [0.25, 0.3) is 0 Å². The summed E-state index contributed by atoms with van der Waals surface area (Å²) >= 11 is 0. The van der Waals surface area contributed by atoms with Gasteiger partial charge in [0.15, 0.2) is 0 Å². The lowest BCUT2D eigenvalue weighted by Crippen LogP contribution is -2.22. The van der Waals surface area contributed by atoms with Gasteiger partial charge in [0, 0.05) is 25.1 Å². The smallest absolute Gasteiger partial charge is 0.231 e. The first kappa shape index (κ1) is 13.8. The normalized spacial score (nSPS) is 15.1. The van der Waals surface area contributed by atoms with Crippen LogP contribution < -0.4 is 10.2 Å². The van der Waals surface area contributed by atoms with E-state index in [0.29, 0.717) is 6.42 Å². The minimum Gasteiger partial charge on any atom is -0.315 e. The number of nitrogens with one attached hydrogen (secondary N) is 1. The van der Waals surface area contributed by atoms with Gasteiger partial charge in [-0.2, -0.15) is 0 Å². The molecule has 0 saturated carbocycles. The number of pyridine rings is 1. The summed E-state index contributed by atoms with van der Waals surface area (Å²) in [6.45, 7) is 2.96. The minimum absolute atomic E-state index is 0.106. The molecule has 1 aromatic heterocycles. The van der Waals surface area contributed by atoms with Crippen LogP contribution in [-0.2, 0) is 11.2 Å². The summed E-state index contributed by atoms with van der Waals surface area (Å²) in [4.78, 5) is 17.7. The molecular formula is C17H19N3O. The Kier molecular flexibility index (Phi) is 3.71. The van der Waals surface area contributed by atoms with E-state index in [4.69, 9.17) is 0 Å². The summed E-state index contributed by atoms with van der Waals surface area (Å²) in [7, 11) is 1.83. The highest BCUT2D eigenvalue weighted by atomic mass is 16.2. The van der Waals surface area contributed by atoms with Gasteiger partial charge >= 0.3 is 0 Å². The molecule has 1 atom stereocenters. The fourth-order valence-corrected chi connectivity index (χ4v) is 2.85. The van der Waals surface area contributed by atoms with Crippen molar-refractivity contribution in [2.75, 3.05) is 18.5 Å². The van der Waals surface area contributed by atoms with Crippen LogP contribution in [0.4, 0.5) is 5.69 Å². The predicted octanol–water partition coefficient (Wildman–Crippen LogP) is 2.30. The Bertz CT molecular complexity index is 654. The number of anilines is 1. The number of rotatable bonds is 4. The predicted molar refractivity (Wildman–Crippen MR) is 83.3 cm³/mol. The maximum atomic E-state index is 11.8. The molecule has 3 rings (SSSR count). The van der Waals surface area contributed by atoms with Crippen LogP contribution in [0.15, 0.2) is 42.7 Å². The van der Waals surface area contributed by atoms with E-state index in [2.05, 4.69) is 35.4 Å². The zero-order valence-electron chi connectivity index (χ0n) is 12.3. The van der Waals surface area contributed by atoms with Crippen molar-refractivity contribution < 1.29 is 4.79 Å². The molecule has 1 N–H and O–H groups in total. The zero-order valence-corrected chi connectivity index (χ0v) is 12.3. The second-order valence-electron chi connectivity index (χ2n) is 5.29. The van der Waals surface area contributed by atoms with E-state index in [-0.39, 0.29) is 11.9 Å². The van der Waals surface area contributed by atoms with Gasteiger partial charge in [-0.25, -0.2) is 0 Å². The van der Waals surface area contributed by atoms with Gasteiger partial charge in [0.1, 0.15) is 0 Å². The molecule has 1 aliphatic rings. The first-order valence-electron chi connectivity index (χ1n) is 7.23. The maximum Gasteiger partial charge on any atom is 0.231 e. The van der Waals surface area contributed by atoms with Crippen LogP contribution in [0.5, 0.6) is 0 Å². The molecule has 0 radical (unpaired) electrons. The summed E-state index contributed by atoms with van der Waals surface area (Å²) < 4.78 is 0. The van der Waals surface area contributed by atoms with E-state index in [9.17, 15) is 4.79 Å². The van der Waals surface area contributed by atoms with Gasteiger partial charge in [-0.15, -0.1) is 0 Å². The Morgan fingerprint density at radius 3 is 2.90 bits per heavy atom. The third-order valence-corrected chi connectivity index (χ3v) is 3.94. The van der Waals surface area contributed by atoms with Crippen molar-refractivity contribution in [3.05, 3.63) is 59.4 Å². The highest BCUT2D eigenvalue weighted by Crippen LogP contribution is 2.31. The molecule has 4 heteroatoms. The topological polar surface area (TPSA) is 45.2 Å². The molecule has 0 spiro atoms. The molecule has 108 valence electrons. The van der Waals surface area contributed by atoms with Crippen LogP contribution in [0.3, 0.4) is 0 Å². The number of hydrogen-bond acceptors (Lipinski definition) is 3. The van der Waals surface area contributed by atoms with E-state index >= 15 is 0 Å². The van der Waals surface area contributed by atoms with Gasteiger partial charge in [0.25, 0.3) is 0 Å². The second kappa shape index (κ2) is 5.66. The summed E-state index contributed by atoms with van der Waals surface area (Å²) in [6.07, 6.45) is 4.16. The zero-order chi connectivity index (χ0) is 14.8. The summed E-state index contributed by atoms with van der Waals surface area (Å²) in [5.41, 5.74) is 4.43. The molecule has 2 aromatic rings. The molecule has 2 heterocycles. The maximum absolute atomic E-state index is 11.8.